The fraction of sp³-hybridized carbons (Fsp3) is 0.500. The molecule has 20 heavy (non-hydrogen) atoms. The van der Waals surface area contributed by atoms with Gasteiger partial charge in [-0.05, 0) is 18.9 Å². The molecule has 0 fully saturated rings. The Morgan fingerprint density at radius 3 is 2.55 bits per heavy atom. The summed E-state index contributed by atoms with van der Waals surface area (Å²) < 4.78 is 0. The molecule has 2 rings (SSSR count). The first kappa shape index (κ1) is 14.6. The number of benzene rings is 1. The molecule has 0 radical (unpaired) electrons. The van der Waals surface area contributed by atoms with Crippen LogP contribution < -0.4 is 0 Å². The van der Waals surface area contributed by atoms with E-state index in [1.807, 2.05) is 23.1 Å². The number of unbranched alkanes of at least 4 members (excludes halogenated alkanes) is 2. The third kappa shape index (κ3) is 3.18. The van der Waals surface area contributed by atoms with E-state index in [0.717, 1.165) is 55.2 Å². The summed E-state index contributed by atoms with van der Waals surface area (Å²) in [6.07, 6.45) is 6.06. The summed E-state index contributed by atoms with van der Waals surface area (Å²) in [6.45, 7) is 5.97. The van der Waals surface area contributed by atoms with Crippen LogP contribution in [-0.2, 0) is 0 Å². The van der Waals surface area contributed by atoms with Crippen LogP contribution in [0.1, 0.15) is 49.9 Å². The molecule has 0 atom stereocenters. The molecule has 1 aromatic heterocycles. The van der Waals surface area contributed by atoms with Crippen LogP contribution in [0.5, 0.6) is 0 Å². The van der Waals surface area contributed by atoms with E-state index in [1.165, 1.54) is 0 Å². The third-order valence-corrected chi connectivity index (χ3v) is 3.56. The fourth-order valence-corrected chi connectivity index (χ4v) is 2.33. The molecule has 0 saturated carbocycles. The van der Waals surface area contributed by atoms with E-state index < -0.39 is 0 Å². The Kier molecular flexibility index (Phi) is 5.16. The molecule has 1 N–H and O–H groups in total. The number of amides is 1. The lowest BCUT2D eigenvalue weighted by Crippen LogP contribution is -2.33. The number of carbonyl (C=O) groups excluding carboxylic acids is 1. The molecular formula is C16H23N3O. The number of fused-ring (bicyclic) bond motifs is 1. The van der Waals surface area contributed by atoms with E-state index in [-0.39, 0.29) is 5.91 Å². The average molecular weight is 273 g/mol. The van der Waals surface area contributed by atoms with Gasteiger partial charge in [-0.1, -0.05) is 38.8 Å². The van der Waals surface area contributed by atoms with Gasteiger partial charge in [0.05, 0.1) is 17.3 Å². The van der Waals surface area contributed by atoms with E-state index in [0.29, 0.717) is 0 Å². The molecule has 0 unspecified atom stereocenters. The van der Waals surface area contributed by atoms with Gasteiger partial charge in [0.2, 0.25) is 0 Å². The van der Waals surface area contributed by atoms with E-state index >= 15 is 0 Å². The molecule has 0 bridgehead atoms. The summed E-state index contributed by atoms with van der Waals surface area (Å²) in [7, 11) is 0. The Hall–Kier alpha value is -1.84. The van der Waals surface area contributed by atoms with Crippen LogP contribution in [-0.4, -0.2) is 34.1 Å². The second kappa shape index (κ2) is 7.08. The van der Waals surface area contributed by atoms with Crippen molar-refractivity contribution in [1.29, 1.82) is 0 Å². The quantitative estimate of drug-likeness (QED) is 0.837. The highest BCUT2D eigenvalue weighted by Gasteiger charge is 2.17. The predicted octanol–water partition coefficient (Wildman–Crippen LogP) is 3.61. The highest BCUT2D eigenvalue weighted by molar-refractivity contribution is 6.05. The molecule has 4 nitrogen and oxygen atoms in total. The van der Waals surface area contributed by atoms with Crippen LogP contribution in [0.4, 0.5) is 0 Å². The number of aromatic nitrogens is 2. The first-order chi connectivity index (χ1) is 9.77. The normalized spacial score (nSPS) is 10.9. The van der Waals surface area contributed by atoms with E-state index in [9.17, 15) is 4.79 Å². The zero-order valence-electron chi connectivity index (χ0n) is 12.4. The maximum Gasteiger partial charge on any atom is 0.256 e. The van der Waals surface area contributed by atoms with Gasteiger partial charge in [0, 0.05) is 18.5 Å². The van der Waals surface area contributed by atoms with Gasteiger partial charge in [-0.25, -0.2) is 0 Å². The number of nitrogens with one attached hydrogen (secondary N) is 1. The number of aromatic amines is 1. The molecule has 2 aromatic rings. The zero-order chi connectivity index (χ0) is 14.4. The van der Waals surface area contributed by atoms with Crippen molar-refractivity contribution in [2.45, 2.75) is 39.5 Å². The van der Waals surface area contributed by atoms with Gasteiger partial charge in [-0.15, -0.1) is 0 Å². The first-order valence-corrected chi connectivity index (χ1v) is 7.49. The van der Waals surface area contributed by atoms with Gasteiger partial charge >= 0.3 is 0 Å². The lowest BCUT2D eigenvalue weighted by atomic mass is 10.1. The van der Waals surface area contributed by atoms with Crippen LogP contribution in [0.3, 0.4) is 0 Å². The van der Waals surface area contributed by atoms with Crippen molar-refractivity contribution < 1.29 is 4.79 Å². The smallest absolute Gasteiger partial charge is 0.256 e. The van der Waals surface area contributed by atoms with Crippen LogP contribution in [0.2, 0.25) is 0 Å². The summed E-state index contributed by atoms with van der Waals surface area (Å²) >= 11 is 0. The van der Waals surface area contributed by atoms with Crippen molar-refractivity contribution >= 4 is 16.8 Å². The van der Waals surface area contributed by atoms with Gasteiger partial charge in [0.25, 0.3) is 5.91 Å². The van der Waals surface area contributed by atoms with Crippen LogP contribution in [0.25, 0.3) is 10.9 Å². The minimum Gasteiger partial charge on any atom is -0.339 e. The number of hydrogen-bond donors (Lipinski definition) is 1. The monoisotopic (exact) mass is 273 g/mol. The lowest BCUT2D eigenvalue weighted by Gasteiger charge is -2.22. The zero-order valence-corrected chi connectivity index (χ0v) is 12.4. The van der Waals surface area contributed by atoms with E-state index in [2.05, 4.69) is 24.0 Å². The molecule has 108 valence electrons. The van der Waals surface area contributed by atoms with E-state index in [1.54, 1.807) is 6.20 Å². The second-order valence-electron chi connectivity index (χ2n) is 5.14. The van der Waals surface area contributed by atoms with Gasteiger partial charge in [-0.2, -0.15) is 5.10 Å². The van der Waals surface area contributed by atoms with Gasteiger partial charge < -0.3 is 4.90 Å². The molecule has 4 heteroatoms. The molecule has 0 aliphatic rings. The van der Waals surface area contributed by atoms with Crippen molar-refractivity contribution in [3.05, 3.63) is 30.0 Å². The van der Waals surface area contributed by atoms with Gasteiger partial charge in [0.1, 0.15) is 0 Å². The van der Waals surface area contributed by atoms with Crippen LogP contribution in [0.15, 0.2) is 24.4 Å². The standard InChI is InChI=1S/C16H23N3O/c1-3-5-10-19(11-6-4-2)16(20)14-9-7-8-13-12-17-18-15(13)14/h7-9,12H,3-6,10-11H2,1-2H3,(H,17,18). The van der Waals surface area contributed by atoms with E-state index in [4.69, 9.17) is 0 Å². The Labute approximate surface area is 120 Å². The summed E-state index contributed by atoms with van der Waals surface area (Å²) in [5, 5.41) is 7.96. The van der Waals surface area contributed by atoms with Crippen molar-refractivity contribution in [3.63, 3.8) is 0 Å². The highest BCUT2D eigenvalue weighted by Crippen LogP contribution is 2.18. The van der Waals surface area contributed by atoms with Crippen LogP contribution >= 0.6 is 0 Å². The number of carbonyl (C=O) groups is 1. The molecule has 0 aliphatic carbocycles. The molecule has 0 aliphatic heterocycles. The third-order valence-electron chi connectivity index (χ3n) is 3.56. The van der Waals surface area contributed by atoms with Crippen LogP contribution in [0, 0.1) is 0 Å². The number of rotatable bonds is 7. The van der Waals surface area contributed by atoms with Gasteiger partial charge in [-0.3, -0.25) is 9.89 Å². The molecule has 1 aromatic carbocycles. The maximum absolute atomic E-state index is 12.7. The number of nitrogens with zero attached hydrogens (tertiary/aromatic N) is 2. The minimum atomic E-state index is 0.113. The van der Waals surface area contributed by atoms with Crippen molar-refractivity contribution in [1.82, 2.24) is 15.1 Å². The molecule has 1 heterocycles. The first-order valence-electron chi connectivity index (χ1n) is 7.49. The predicted molar refractivity (Wildman–Crippen MR) is 81.8 cm³/mol. The maximum atomic E-state index is 12.7. The molecular weight excluding hydrogens is 250 g/mol. The van der Waals surface area contributed by atoms with Crippen molar-refractivity contribution in [2.24, 2.45) is 0 Å². The SMILES string of the molecule is CCCCN(CCCC)C(=O)c1cccc2cn[nH]c12. The Balaban J connectivity index is 2.23. The summed E-state index contributed by atoms with van der Waals surface area (Å²) in [5.74, 6) is 0.113. The average Bonchev–Trinajstić information content (AvgIpc) is 2.95. The fourth-order valence-electron chi connectivity index (χ4n) is 2.33. The second-order valence-corrected chi connectivity index (χ2v) is 5.14. The highest BCUT2D eigenvalue weighted by atomic mass is 16.2. The minimum absolute atomic E-state index is 0.113. The molecule has 1 amide bonds. The topological polar surface area (TPSA) is 49.0 Å². The lowest BCUT2D eigenvalue weighted by molar-refractivity contribution is 0.0753. The Bertz CT molecular complexity index is 554. The molecule has 0 spiro atoms. The number of hydrogen-bond acceptors (Lipinski definition) is 2. The summed E-state index contributed by atoms with van der Waals surface area (Å²) in [4.78, 5) is 14.7. The van der Waals surface area contributed by atoms with Crippen molar-refractivity contribution in [3.8, 4) is 0 Å². The number of H-pyrrole nitrogens is 1. The largest absolute Gasteiger partial charge is 0.339 e. The summed E-state index contributed by atoms with van der Waals surface area (Å²) in [5.41, 5.74) is 1.57. The van der Waals surface area contributed by atoms with Crippen molar-refractivity contribution in [2.75, 3.05) is 13.1 Å². The number of para-hydroxylation sites is 1. The Morgan fingerprint density at radius 2 is 1.90 bits per heavy atom. The summed E-state index contributed by atoms with van der Waals surface area (Å²) in [6, 6.07) is 5.77. The molecule has 0 saturated heterocycles. The van der Waals surface area contributed by atoms with Gasteiger partial charge in [0.15, 0.2) is 0 Å². The Morgan fingerprint density at radius 1 is 1.20 bits per heavy atom.